The van der Waals surface area contributed by atoms with Crippen LogP contribution in [0.1, 0.15) is 25.3 Å². The SMILES string of the molecule is CCn1cc(CN2CCC[C@H]2C(=O)Nc2ccc(-c3cscn3)cc2)cn1. The molecule has 1 amide bonds. The van der Waals surface area contributed by atoms with Crippen LogP contribution in [0, 0.1) is 0 Å². The van der Waals surface area contributed by atoms with Gasteiger partial charge in [0.1, 0.15) is 0 Å². The van der Waals surface area contributed by atoms with Gasteiger partial charge >= 0.3 is 0 Å². The summed E-state index contributed by atoms with van der Waals surface area (Å²) in [5, 5.41) is 9.42. The van der Waals surface area contributed by atoms with Crippen LogP contribution in [0.15, 0.2) is 47.5 Å². The first-order chi connectivity index (χ1) is 13.2. The number of benzene rings is 1. The maximum atomic E-state index is 12.8. The molecule has 3 aromatic rings. The average molecular weight is 382 g/mol. The van der Waals surface area contributed by atoms with Crippen LogP contribution in [0.25, 0.3) is 11.3 Å². The smallest absolute Gasteiger partial charge is 0.241 e. The number of anilines is 1. The lowest BCUT2D eigenvalue weighted by molar-refractivity contribution is -0.120. The van der Waals surface area contributed by atoms with Crippen molar-refractivity contribution >= 4 is 22.9 Å². The van der Waals surface area contributed by atoms with Gasteiger partial charge in [-0.1, -0.05) is 12.1 Å². The molecule has 140 valence electrons. The fraction of sp³-hybridized carbons (Fsp3) is 0.350. The van der Waals surface area contributed by atoms with Crippen LogP contribution in [-0.4, -0.2) is 38.2 Å². The number of hydrogen-bond donors (Lipinski definition) is 1. The normalized spacial score (nSPS) is 17.3. The lowest BCUT2D eigenvalue weighted by atomic mass is 10.1. The van der Waals surface area contributed by atoms with Crippen molar-refractivity contribution < 1.29 is 4.79 Å². The quantitative estimate of drug-likeness (QED) is 0.708. The highest BCUT2D eigenvalue weighted by Crippen LogP contribution is 2.24. The Bertz CT molecular complexity index is 888. The molecular weight excluding hydrogens is 358 g/mol. The van der Waals surface area contributed by atoms with Crippen LogP contribution in [0.4, 0.5) is 5.69 Å². The van der Waals surface area contributed by atoms with Crippen molar-refractivity contribution in [3.05, 3.63) is 53.1 Å². The first-order valence-electron chi connectivity index (χ1n) is 9.28. The number of amides is 1. The Hall–Kier alpha value is -2.51. The summed E-state index contributed by atoms with van der Waals surface area (Å²) in [4.78, 5) is 19.4. The van der Waals surface area contributed by atoms with E-state index < -0.39 is 0 Å². The Morgan fingerprint density at radius 2 is 2.19 bits per heavy atom. The van der Waals surface area contributed by atoms with E-state index in [1.54, 1.807) is 11.3 Å². The van der Waals surface area contributed by atoms with Gasteiger partial charge in [0.25, 0.3) is 0 Å². The molecule has 1 aromatic carbocycles. The van der Waals surface area contributed by atoms with E-state index in [-0.39, 0.29) is 11.9 Å². The molecule has 3 heterocycles. The highest BCUT2D eigenvalue weighted by atomic mass is 32.1. The summed E-state index contributed by atoms with van der Waals surface area (Å²) >= 11 is 1.58. The number of carbonyl (C=O) groups is 1. The van der Waals surface area contributed by atoms with Gasteiger partial charge in [-0.05, 0) is 38.4 Å². The molecule has 1 saturated heterocycles. The van der Waals surface area contributed by atoms with E-state index in [1.165, 1.54) is 0 Å². The molecule has 1 aliphatic heterocycles. The highest BCUT2D eigenvalue weighted by Gasteiger charge is 2.30. The molecule has 0 saturated carbocycles. The van der Waals surface area contributed by atoms with Gasteiger partial charge in [-0.25, -0.2) is 4.98 Å². The Morgan fingerprint density at radius 3 is 2.89 bits per heavy atom. The van der Waals surface area contributed by atoms with Crippen molar-refractivity contribution in [2.75, 3.05) is 11.9 Å². The van der Waals surface area contributed by atoms with E-state index in [2.05, 4.69) is 33.4 Å². The summed E-state index contributed by atoms with van der Waals surface area (Å²) < 4.78 is 1.92. The molecule has 1 aliphatic rings. The fourth-order valence-electron chi connectivity index (χ4n) is 3.51. The van der Waals surface area contributed by atoms with Gasteiger partial charge in [0.2, 0.25) is 5.91 Å². The van der Waals surface area contributed by atoms with Gasteiger partial charge in [0.05, 0.1) is 23.4 Å². The largest absolute Gasteiger partial charge is 0.325 e. The van der Waals surface area contributed by atoms with Crippen LogP contribution in [0.5, 0.6) is 0 Å². The van der Waals surface area contributed by atoms with Gasteiger partial charge < -0.3 is 5.32 Å². The van der Waals surface area contributed by atoms with Crippen molar-refractivity contribution in [2.45, 2.75) is 38.9 Å². The monoisotopic (exact) mass is 381 g/mol. The van der Waals surface area contributed by atoms with Gasteiger partial charge in [0, 0.05) is 41.5 Å². The molecule has 4 rings (SSSR count). The number of aryl methyl sites for hydroxylation is 1. The zero-order chi connectivity index (χ0) is 18.6. The molecule has 0 spiro atoms. The molecule has 0 bridgehead atoms. The molecule has 2 aromatic heterocycles. The van der Waals surface area contributed by atoms with Crippen LogP contribution in [0.2, 0.25) is 0 Å². The van der Waals surface area contributed by atoms with Gasteiger partial charge in [-0.2, -0.15) is 5.10 Å². The second kappa shape index (κ2) is 8.02. The summed E-state index contributed by atoms with van der Waals surface area (Å²) in [6.45, 7) is 4.64. The molecule has 0 radical (unpaired) electrons. The molecule has 1 atom stereocenters. The van der Waals surface area contributed by atoms with Crippen LogP contribution < -0.4 is 5.32 Å². The van der Waals surface area contributed by atoms with E-state index in [0.29, 0.717) is 0 Å². The van der Waals surface area contributed by atoms with E-state index in [9.17, 15) is 4.79 Å². The molecular formula is C20H23N5OS. The number of hydrogen-bond acceptors (Lipinski definition) is 5. The summed E-state index contributed by atoms with van der Waals surface area (Å²) in [5.74, 6) is 0.0665. The minimum Gasteiger partial charge on any atom is -0.325 e. The van der Waals surface area contributed by atoms with E-state index in [4.69, 9.17) is 0 Å². The number of aromatic nitrogens is 3. The molecule has 1 N–H and O–H groups in total. The molecule has 6 nitrogen and oxygen atoms in total. The Kier molecular flexibility index (Phi) is 5.31. The number of likely N-dealkylation sites (tertiary alicyclic amines) is 1. The standard InChI is InChI=1S/C20H23N5OS/c1-2-25-12-15(10-22-25)11-24-9-3-4-19(24)20(26)23-17-7-5-16(6-8-17)18-13-27-14-21-18/h5-8,10,12-14,19H,2-4,9,11H2,1H3,(H,23,26)/t19-/m0/s1. The predicted octanol–water partition coefficient (Wildman–Crippen LogP) is 3.63. The number of carbonyl (C=O) groups excluding carboxylic acids is 1. The maximum absolute atomic E-state index is 12.8. The zero-order valence-corrected chi connectivity index (χ0v) is 16.2. The third kappa shape index (κ3) is 4.09. The minimum absolute atomic E-state index is 0.0665. The lowest BCUT2D eigenvalue weighted by Gasteiger charge is -2.23. The predicted molar refractivity (Wildman–Crippen MR) is 108 cm³/mol. The molecule has 1 fully saturated rings. The van der Waals surface area contributed by atoms with Crippen molar-refractivity contribution in [3.63, 3.8) is 0 Å². The van der Waals surface area contributed by atoms with Crippen molar-refractivity contribution in [1.29, 1.82) is 0 Å². The Morgan fingerprint density at radius 1 is 1.33 bits per heavy atom. The second-order valence-electron chi connectivity index (χ2n) is 6.77. The number of rotatable bonds is 6. The Labute approximate surface area is 162 Å². The van der Waals surface area contributed by atoms with Gasteiger partial charge in [-0.15, -0.1) is 11.3 Å². The average Bonchev–Trinajstić information content (AvgIpc) is 3.44. The first kappa shape index (κ1) is 17.9. The summed E-state index contributed by atoms with van der Waals surface area (Å²) in [6.07, 6.45) is 5.89. The summed E-state index contributed by atoms with van der Waals surface area (Å²) in [6, 6.07) is 7.79. The topological polar surface area (TPSA) is 63.1 Å². The lowest BCUT2D eigenvalue weighted by Crippen LogP contribution is -2.39. The number of nitrogens with one attached hydrogen (secondary N) is 1. The summed E-state index contributed by atoms with van der Waals surface area (Å²) in [5.41, 5.74) is 5.83. The third-order valence-electron chi connectivity index (χ3n) is 4.94. The minimum atomic E-state index is -0.0896. The maximum Gasteiger partial charge on any atom is 0.241 e. The van der Waals surface area contributed by atoms with Crippen LogP contribution in [-0.2, 0) is 17.9 Å². The van der Waals surface area contributed by atoms with Crippen LogP contribution in [0.3, 0.4) is 0 Å². The fourth-order valence-corrected chi connectivity index (χ4v) is 4.07. The van der Waals surface area contributed by atoms with Crippen molar-refractivity contribution in [1.82, 2.24) is 19.7 Å². The Balaban J connectivity index is 1.39. The molecule has 27 heavy (non-hydrogen) atoms. The van der Waals surface area contributed by atoms with Crippen LogP contribution >= 0.6 is 11.3 Å². The molecule has 0 aliphatic carbocycles. The van der Waals surface area contributed by atoms with Gasteiger partial charge in [-0.3, -0.25) is 14.4 Å². The van der Waals surface area contributed by atoms with E-state index in [0.717, 1.165) is 55.0 Å². The second-order valence-corrected chi connectivity index (χ2v) is 7.49. The number of nitrogens with zero attached hydrogens (tertiary/aromatic N) is 4. The molecule has 7 heteroatoms. The highest BCUT2D eigenvalue weighted by molar-refractivity contribution is 7.07. The first-order valence-corrected chi connectivity index (χ1v) is 10.2. The van der Waals surface area contributed by atoms with E-state index in [1.807, 2.05) is 46.0 Å². The third-order valence-corrected chi connectivity index (χ3v) is 5.53. The summed E-state index contributed by atoms with van der Waals surface area (Å²) in [7, 11) is 0. The number of thiazole rings is 1. The van der Waals surface area contributed by atoms with E-state index >= 15 is 0 Å². The zero-order valence-electron chi connectivity index (χ0n) is 15.3. The van der Waals surface area contributed by atoms with Crippen molar-refractivity contribution in [2.24, 2.45) is 0 Å². The molecule has 0 unspecified atom stereocenters. The van der Waals surface area contributed by atoms with Gasteiger partial charge in [0.15, 0.2) is 0 Å². The van der Waals surface area contributed by atoms with Crippen molar-refractivity contribution in [3.8, 4) is 11.3 Å².